The number of likely N-dealkylation sites (N-methyl/N-ethyl adjacent to an activating group) is 2. The number of aromatic nitrogens is 2. The smallest absolute Gasteiger partial charge is 0.245 e. The number of amides is 4. The first-order chi connectivity index (χ1) is 28.2. The van der Waals surface area contributed by atoms with E-state index in [-0.39, 0.29) is 55.6 Å². The number of likely N-dealkylation sites (tertiary alicyclic amines) is 2. The van der Waals surface area contributed by atoms with E-state index in [2.05, 4.69) is 31.2 Å². The first-order valence-electron chi connectivity index (χ1n) is 20.7. The van der Waals surface area contributed by atoms with Crippen LogP contribution in [0.5, 0.6) is 0 Å². The number of aliphatic hydroxyl groups excluding tert-OH is 2. The molecule has 0 bridgehead atoms. The molecular weight excluding hydrogens is 763 g/mol. The highest BCUT2D eigenvalue weighted by molar-refractivity contribution is 5.96. The van der Waals surface area contributed by atoms with E-state index in [1.807, 2.05) is 13.8 Å². The van der Waals surface area contributed by atoms with Gasteiger partial charge in [-0.25, -0.2) is 8.78 Å². The summed E-state index contributed by atoms with van der Waals surface area (Å²) < 4.78 is 29.5. The van der Waals surface area contributed by atoms with Crippen molar-refractivity contribution in [1.82, 2.24) is 41.0 Å². The number of carbonyl (C=O) groups is 4. The molecular formula is C43H58F2N8O6. The van der Waals surface area contributed by atoms with Gasteiger partial charge in [0.05, 0.1) is 35.7 Å². The quantitative estimate of drug-likeness (QED) is 0.0846. The molecule has 14 nitrogen and oxygen atoms in total. The monoisotopic (exact) mass is 820 g/mol. The van der Waals surface area contributed by atoms with Crippen LogP contribution in [0, 0.1) is 11.6 Å². The van der Waals surface area contributed by atoms with Gasteiger partial charge in [0.25, 0.3) is 0 Å². The van der Waals surface area contributed by atoms with Crippen molar-refractivity contribution in [2.45, 2.75) is 121 Å². The first-order valence-corrected chi connectivity index (χ1v) is 20.7. The number of aromatic amines is 2. The lowest BCUT2D eigenvalue weighted by Gasteiger charge is -2.30. The number of β-amino-alcohol motifs (C(OH)–C–C–N with tert-alkyl or cyclic N) is 2. The minimum absolute atomic E-state index is 0.0836. The average molecular weight is 821 g/mol. The van der Waals surface area contributed by atoms with Gasteiger partial charge in [0.1, 0.15) is 23.7 Å². The fourth-order valence-electron chi connectivity index (χ4n) is 8.62. The Kier molecular flexibility index (Phi) is 13.7. The third kappa shape index (κ3) is 9.30. The number of hydrogen-bond acceptors (Lipinski definition) is 8. The SMILES string of the molecule is CC[C@H](NC(=O)[C@H](C)NC)C(=O)N1C[C@@H](O)C[C@H]1CCc1c(-c2[nH]c3cc(F)ccc3c2C[C@@H]2C[C@H](O)CN2C(=O)[C@H](CC)NC(=O)[C@H](C)NC)[nH]c2cc(F)ccc12. The number of halogens is 2. The Hall–Kier alpha value is -4.90. The van der Waals surface area contributed by atoms with E-state index < -0.39 is 54.1 Å². The Bertz CT molecular complexity index is 2170. The van der Waals surface area contributed by atoms with Gasteiger partial charge in [-0.3, -0.25) is 19.2 Å². The van der Waals surface area contributed by atoms with Gasteiger partial charge >= 0.3 is 0 Å². The highest BCUT2D eigenvalue weighted by Gasteiger charge is 2.40. The van der Waals surface area contributed by atoms with Crippen molar-refractivity contribution < 1.29 is 38.2 Å². The Balaban J connectivity index is 1.35. The number of nitrogens with one attached hydrogen (secondary N) is 6. The van der Waals surface area contributed by atoms with Crippen LogP contribution in [-0.2, 0) is 32.0 Å². The Morgan fingerprint density at radius 2 is 1.17 bits per heavy atom. The number of hydrogen-bond donors (Lipinski definition) is 8. The van der Waals surface area contributed by atoms with Gasteiger partial charge in [-0.05, 0) is 120 Å². The molecule has 59 heavy (non-hydrogen) atoms. The molecule has 2 aliphatic heterocycles. The van der Waals surface area contributed by atoms with Gasteiger partial charge < -0.3 is 51.2 Å². The van der Waals surface area contributed by atoms with E-state index in [1.54, 1.807) is 49.9 Å². The zero-order chi connectivity index (χ0) is 42.7. The van der Waals surface area contributed by atoms with Crippen LogP contribution in [0.1, 0.15) is 70.9 Å². The lowest BCUT2D eigenvalue weighted by molar-refractivity contribution is -0.138. The number of rotatable bonds is 16. The summed E-state index contributed by atoms with van der Waals surface area (Å²) in [6, 6.07) is 5.50. The fraction of sp³-hybridized carbons (Fsp3) is 0.535. The summed E-state index contributed by atoms with van der Waals surface area (Å²) in [4.78, 5) is 63.6. The number of aryl methyl sites for hydroxylation is 1. The van der Waals surface area contributed by atoms with E-state index in [1.165, 1.54) is 24.3 Å². The van der Waals surface area contributed by atoms with Crippen molar-refractivity contribution >= 4 is 45.4 Å². The van der Waals surface area contributed by atoms with Crippen molar-refractivity contribution in [2.24, 2.45) is 0 Å². The molecule has 2 aliphatic rings. The molecule has 0 saturated carbocycles. The van der Waals surface area contributed by atoms with Crippen LogP contribution in [-0.4, -0.2) is 129 Å². The van der Waals surface area contributed by atoms with Crippen molar-refractivity contribution in [2.75, 3.05) is 27.2 Å². The first kappa shape index (κ1) is 43.7. The van der Waals surface area contributed by atoms with E-state index in [0.29, 0.717) is 59.9 Å². The third-order valence-corrected chi connectivity index (χ3v) is 12.2. The third-order valence-electron chi connectivity index (χ3n) is 12.2. The number of benzene rings is 2. The second-order valence-electron chi connectivity index (χ2n) is 16.1. The van der Waals surface area contributed by atoms with Crippen LogP contribution < -0.4 is 21.3 Å². The molecule has 6 rings (SSSR count). The second-order valence-corrected chi connectivity index (χ2v) is 16.1. The minimum Gasteiger partial charge on any atom is -0.391 e. The van der Waals surface area contributed by atoms with E-state index >= 15 is 0 Å². The summed E-state index contributed by atoms with van der Waals surface area (Å²) in [6.45, 7) is 7.25. The molecule has 8 atom stereocenters. The molecule has 2 fully saturated rings. The number of H-pyrrole nitrogens is 2. The van der Waals surface area contributed by atoms with Gasteiger partial charge in [-0.2, -0.15) is 0 Å². The molecule has 4 aromatic rings. The molecule has 2 aromatic heterocycles. The van der Waals surface area contributed by atoms with Crippen LogP contribution in [0.15, 0.2) is 36.4 Å². The van der Waals surface area contributed by atoms with Gasteiger partial charge in [-0.1, -0.05) is 13.8 Å². The van der Waals surface area contributed by atoms with Gasteiger partial charge in [0.15, 0.2) is 0 Å². The van der Waals surface area contributed by atoms with Crippen LogP contribution >= 0.6 is 0 Å². The maximum atomic E-state index is 14.8. The fourth-order valence-corrected chi connectivity index (χ4v) is 8.62. The molecule has 0 radical (unpaired) electrons. The highest BCUT2D eigenvalue weighted by atomic mass is 19.1. The van der Waals surface area contributed by atoms with Crippen LogP contribution in [0.25, 0.3) is 33.2 Å². The van der Waals surface area contributed by atoms with Crippen LogP contribution in [0.4, 0.5) is 8.78 Å². The summed E-state index contributed by atoms with van der Waals surface area (Å²) in [5, 5.41) is 34.7. The number of nitrogens with zero attached hydrogens (tertiary/aromatic N) is 2. The minimum atomic E-state index is -0.806. The Morgan fingerprint density at radius 1 is 0.729 bits per heavy atom. The summed E-state index contributed by atoms with van der Waals surface area (Å²) in [7, 11) is 3.32. The average Bonchev–Trinajstić information content (AvgIpc) is 3.98. The lowest BCUT2D eigenvalue weighted by atomic mass is 9.95. The maximum Gasteiger partial charge on any atom is 0.245 e. The van der Waals surface area contributed by atoms with Crippen LogP contribution in [0.3, 0.4) is 0 Å². The Morgan fingerprint density at radius 3 is 1.64 bits per heavy atom. The molecule has 4 amide bonds. The van der Waals surface area contributed by atoms with Crippen molar-refractivity contribution in [3.05, 3.63) is 59.2 Å². The van der Waals surface area contributed by atoms with E-state index in [4.69, 9.17) is 0 Å². The van der Waals surface area contributed by atoms with Gasteiger partial charge in [0.2, 0.25) is 23.6 Å². The largest absolute Gasteiger partial charge is 0.391 e. The highest BCUT2D eigenvalue weighted by Crippen LogP contribution is 2.39. The van der Waals surface area contributed by atoms with Crippen molar-refractivity contribution in [3.8, 4) is 11.4 Å². The van der Waals surface area contributed by atoms with Crippen molar-refractivity contribution in [1.29, 1.82) is 0 Å². The van der Waals surface area contributed by atoms with Gasteiger partial charge in [0, 0.05) is 47.0 Å². The predicted octanol–water partition coefficient (Wildman–Crippen LogP) is 3.00. The van der Waals surface area contributed by atoms with Crippen molar-refractivity contribution in [3.63, 3.8) is 0 Å². The predicted molar refractivity (Wildman–Crippen MR) is 221 cm³/mol. The number of aliphatic hydroxyl groups is 2. The lowest BCUT2D eigenvalue weighted by Crippen LogP contribution is -2.53. The number of fused-ring (bicyclic) bond motifs is 2. The molecule has 2 saturated heterocycles. The molecule has 8 N–H and O–H groups in total. The van der Waals surface area contributed by atoms with Crippen LogP contribution in [0.2, 0.25) is 0 Å². The zero-order valence-corrected chi connectivity index (χ0v) is 34.6. The molecule has 0 spiro atoms. The zero-order valence-electron chi connectivity index (χ0n) is 34.6. The molecule has 4 heterocycles. The van der Waals surface area contributed by atoms with E-state index in [0.717, 1.165) is 16.5 Å². The van der Waals surface area contributed by atoms with Gasteiger partial charge in [-0.15, -0.1) is 0 Å². The second kappa shape index (κ2) is 18.6. The molecule has 16 heteroatoms. The Labute approximate surface area is 342 Å². The summed E-state index contributed by atoms with van der Waals surface area (Å²) in [5.74, 6) is -2.09. The molecule has 0 aliphatic carbocycles. The molecule has 320 valence electrons. The normalized spacial score (nSPS) is 21.5. The maximum absolute atomic E-state index is 14.8. The topological polar surface area (TPSA) is 195 Å². The summed E-state index contributed by atoms with van der Waals surface area (Å²) in [6.07, 6.45) is 0.901. The summed E-state index contributed by atoms with van der Waals surface area (Å²) in [5.41, 5.74) is 3.86. The standard InChI is InChI=1S/C43H58F2N8O6/c1-7-34(50-40(56)22(3)46-5)42(58)52-20-28(54)17-26(52)11-14-32-30-12-9-24(44)15-36(30)48-38(32)39-33(31-13-10-25(45)16-37(31)49-39)19-27-18-29(55)21-53(27)43(59)35(8-2)51-41(57)23(4)47-6/h9-10,12-13,15-16,22-23,26-29,34-35,46-49,54-55H,7-8,11,14,17-21H2,1-6H3,(H,50,56)(H,51,57)/t22-,23-,26+,27-,28-,29-,34-,35-/m0/s1. The summed E-state index contributed by atoms with van der Waals surface area (Å²) >= 11 is 0. The van der Waals surface area contributed by atoms with E-state index in [9.17, 15) is 38.2 Å². The number of carbonyl (C=O) groups excluding carboxylic acids is 4. The molecule has 0 unspecified atom stereocenters. The molecule has 2 aromatic carbocycles.